The Balaban J connectivity index is 1.88. The molecule has 2 aromatic rings. The van der Waals surface area contributed by atoms with Gasteiger partial charge in [-0.2, -0.15) is 0 Å². The monoisotopic (exact) mass is 416 g/mol. The summed E-state index contributed by atoms with van der Waals surface area (Å²) in [6.07, 6.45) is -0.0960. The number of aliphatic hydroxyl groups excluding tert-OH is 1. The SMILES string of the molecule is COc1ccc(CC(=O)O)cc1Oc1ccc(N2CCOCC2)cc1CNCCO. The first-order chi connectivity index (χ1) is 14.6. The standard InChI is InChI=1S/C22H28N2O6/c1-28-20-4-2-16(13-22(26)27)12-21(20)30-19-5-3-18(24-7-10-29-11-8-24)14-17(19)15-23-6-9-25/h2-5,12,14,23,25H,6-11,13,15H2,1H3,(H,26,27). The van der Waals surface area contributed by atoms with E-state index in [9.17, 15) is 4.79 Å². The van der Waals surface area contributed by atoms with Crippen molar-refractivity contribution in [3.63, 3.8) is 0 Å². The van der Waals surface area contributed by atoms with Crippen molar-refractivity contribution in [1.82, 2.24) is 5.32 Å². The third-order valence-electron chi connectivity index (χ3n) is 4.83. The molecule has 0 spiro atoms. The number of hydrogen-bond donors (Lipinski definition) is 3. The molecule has 0 bridgehead atoms. The summed E-state index contributed by atoms with van der Waals surface area (Å²) in [5, 5.41) is 21.4. The van der Waals surface area contributed by atoms with Gasteiger partial charge in [-0.1, -0.05) is 6.07 Å². The molecule has 8 nitrogen and oxygen atoms in total. The van der Waals surface area contributed by atoms with Gasteiger partial charge in [-0.25, -0.2) is 0 Å². The van der Waals surface area contributed by atoms with E-state index in [1.165, 1.54) is 0 Å². The number of methoxy groups -OCH3 is 1. The number of morpholine rings is 1. The summed E-state index contributed by atoms with van der Waals surface area (Å²) in [4.78, 5) is 13.3. The largest absolute Gasteiger partial charge is 0.493 e. The summed E-state index contributed by atoms with van der Waals surface area (Å²) in [6.45, 7) is 4.09. The molecule has 0 aromatic heterocycles. The maximum atomic E-state index is 11.1. The molecule has 0 aliphatic carbocycles. The number of hydrogen-bond acceptors (Lipinski definition) is 7. The molecule has 1 aliphatic heterocycles. The Labute approximate surface area is 176 Å². The van der Waals surface area contributed by atoms with E-state index in [1.807, 2.05) is 12.1 Å². The van der Waals surface area contributed by atoms with Crippen LogP contribution in [-0.4, -0.2) is 62.7 Å². The summed E-state index contributed by atoms with van der Waals surface area (Å²) in [7, 11) is 1.55. The molecule has 1 fully saturated rings. The summed E-state index contributed by atoms with van der Waals surface area (Å²) in [6, 6.07) is 11.1. The van der Waals surface area contributed by atoms with Crippen LogP contribution < -0.4 is 19.7 Å². The van der Waals surface area contributed by atoms with Crippen LogP contribution in [0.4, 0.5) is 5.69 Å². The lowest BCUT2D eigenvalue weighted by molar-refractivity contribution is -0.136. The molecule has 1 aliphatic rings. The highest BCUT2D eigenvalue weighted by molar-refractivity contribution is 5.70. The number of aliphatic carboxylic acids is 1. The van der Waals surface area contributed by atoms with Gasteiger partial charge >= 0.3 is 5.97 Å². The maximum absolute atomic E-state index is 11.1. The Morgan fingerprint density at radius 3 is 2.60 bits per heavy atom. The number of carbonyl (C=O) groups is 1. The van der Waals surface area contributed by atoms with E-state index in [0.29, 0.717) is 49.1 Å². The van der Waals surface area contributed by atoms with Gasteiger partial charge in [0.25, 0.3) is 0 Å². The Bertz CT molecular complexity index is 852. The minimum absolute atomic E-state index is 0.0460. The van der Waals surface area contributed by atoms with Gasteiger partial charge in [-0.3, -0.25) is 4.79 Å². The highest BCUT2D eigenvalue weighted by atomic mass is 16.5. The molecule has 0 saturated carbocycles. The first-order valence-corrected chi connectivity index (χ1v) is 9.94. The molecule has 8 heteroatoms. The normalized spacial score (nSPS) is 13.9. The lowest BCUT2D eigenvalue weighted by atomic mass is 10.1. The lowest BCUT2D eigenvalue weighted by Gasteiger charge is -2.29. The number of benzene rings is 2. The highest BCUT2D eigenvalue weighted by Crippen LogP contribution is 2.35. The highest BCUT2D eigenvalue weighted by Gasteiger charge is 2.16. The number of carboxylic acids is 1. The van der Waals surface area contributed by atoms with Crippen molar-refractivity contribution < 1.29 is 29.2 Å². The fourth-order valence-electron chi connectivity index (χ4n) is 3.33. The van der Waals surface area contributed by atoms with E-state index in [2.05, 4.69) is 16.3 Å². The van der Waals surface area contributed by atoms with Gasteiger partial charge in [0.15, 0.2) is 11.5 Å². The first-order valence-electron chi connectivity index (χ1n) is 9.94. The molecule has 0 amide bonds. The van der Waals surface area contributed by atoms with E-state index < -0.39 is 5.97 Å². The quantitative estimate of drug-likeness (QED) is 0.506. The smallest absolute Gasteiger partial charge is 0.307 e. The number of nitrogens with one attached hydrogen (secondary N) is 1. The molecule has 0 unspecified atom stereocenters. The number of rotatable bonds is 10. The predicted molar refractivity (Wildman–Crippen MR) is 113 cm³/mol. The van der Waals surface area contributed by atoms with Crippen molar-refractivity contribution in [2.45, 2.75) is 13.0 Å². The molecule has 30 heavy (non-hydrogen) atoms. The van der Waals surface area contributed by atoms with Crippen molar-refractivity contribution in [2.75, 3.05) is 51.5 Å². The van der Waals surface area contributed by atoms with Crippen molar-refractivity contribution in [2.24, 2.45) is 0 Å². The Morgan fingerprint density at radius 2 is 1.90 bits per heavy atom. The Kier molecular flexibility index (Phi) is 7.89. The van der Waals surface area contributed by atoms with Gasteiger partial charge in [-0.15, -0.1) is 0 Å². The van der Waals surface area contributed by atoms with Crippen LogP contribution in [0.3, 0.4) is 0 Å². The van der Waals surface area contributed by atoms with Crippen molar-refractivity contribution in [3.8, 4) is 17.2 Å². The van der Waals surface area contributed by atoms with E-state index >= 15 is 0 Å². The number of nitrogens with zero attached hydrogens (tertiary/aromatic N) is 1. The van der Waals surface area contributed by atoms with Crippen LogP contribution in [0.25, 0.3) is 0 Å². The minimum Gasteiger partial charge on any atom is -0.493 e. The molecular weight excluding hydrogens is 388 g/mol. The average molecular weight is 416 g/mol. The van der Waals surface area contributed by atoms with Crippen LogP contribution in [0.15, 0.2) is 36.4 Å². The van der Waals surface area contributed by atoms with Crippen molar-refractivity contribution in [1.29, 1.82) is 0 Å². The number of ether oxygens (including phenoxy) is 3. The molecule has 2 aromatic carbocycles. The van der Waals surface area contributed by atoms with Gasteiger partial charge in [0, 0.05) is 37.4 Å². The molecule has 0 radical (unpaired) electrons. The third kappa shape index (κ3) is 5.85. The zero-order valence-electron chi connectivity index (χ0n) is 17.1. The van der Waals surface area contributed by atoms with Crippen LogP contribution in [0.5, 0.6) is 17.2 Å². The van der Waals surface area contributed by atoms with E-state index in [0.717, 1.165) is 24.3 Å². The lowest BCUT2D eigenvalue weighted by Crippen LogP contribution is -2.36. The predicted octanol–water partition coefficient (Wildman–Crippen LogP) is 2.03. The molecule has 3 rings (SSSR count). The van der Waals surface area contributed by atoms with Crippen LogP contribution in [0.2, 0.25) is 0 Å². The van der Waals surface area contributed by atoms with Gasteiger partial charge in [0.1, 0.15) is 5.75 Å². The minimum atomic E-state index is -0.908. The zero-order chi connectivity index (χ0) is 21.3. The zero-order valence-corrected chi connectivity index (χ0v) is 17.1. The summed E-state index contributed by atoms with van der Waals surface area (Å²) in [5.74, 6) is 0.715. The van der Waals surface area contributed by atoms with Gasteiger partial charge < -0.3 is 34.6 Å². The molecule has 162 valence electrons. The maximum Gasteiger partial charge on any atom is 0.307 e. The van der Waals surface area contributed by atoms with Crippen LogP contribution in [0, 0.1) is 0 Å². The summed E-state index contributed by atoms with van der Waals surface area (Å²) < 4.78 is 17.0. The topological polar surface area (TPSA) is 100 Å². The molecule has 1 heterocycles. The second-order valence-electron chi connectivity index (χ2n) is 6.95. The summed E-state index contributed by atoms with van der Waals surface area (Å²) in [5.41, 5.74) is 2.64. The summed E-state index contributed by atoms with van der Waals surface area (Å²) >= 11 is 0. The van der Waals surface area contributed by atoms with Gasteiger partial charge in [-0.05, 0) is 35.9 Å². The number of aliphatic hydroxyl groups is 1. The van der Waals surface area contributed by atoms with Gasteiger partial charge in [0.05, 0.1) is 33.4 Å². The van der Waals surface area contributed by atoms with Gasteiger partial charge in [0.2, 0.25) is 0 Å². The average Bonchev–Trinajstić information content (AvgIpc) is 2.75. The van der Waals surface area contributed by atoms with Crippen LogP contribution in [0.1, 0.15) is 11.1 Å². The number of anilines is 1. The fraction of sp³-hybridized carbons (Fsp3) is 0.409. The van der Waals surface area contributed by atoms with E-state index in [1.54, 1.807) is 25.3 Å². The molecule has 0 atom stereocenters. The Hall–Kier alpha value is -2.81. The fourth-order valence-corrected chi connectivity index (χ4v) is 3.33. The van der Waals surface area contributed by atoms with E-state index in [-0.39, 0.29) is 13.0 Å². The number of carboxylic acid groups (broad SMARTS) is 1. The molecule has 1 saturated heterocycles. The molecular formula is C22H28N2O6. The second-order valence-corrected chi connectivity index (χ2v) is 6.95. The van der Waals surface area contributed by atoms with Crippen LogP contribution in [-0.2, 0) is 22.5 Å². The molecule has 3 N–H and O–H groups in total. The van der Waals surface area contributed by atoms with Crippen molar-refractivity contribution >= 4 is 11.7 Å². The first kappa shape index (κ1) is 21.9. The third-order valence-corrected chi connectivity index (χ3v) is 4.83. The van der Waals surface area contributed by atoms with Crippen molar-refractivity contribution in [3.05, 3.63) is 47.5 Å². The van der Waals surface area contributed by atoms with Crippen LogP contribution >= 0.6 is 0 Å². The second kappa shape index (κ2) is 10.8. The van der Waals surface area contributed by atoms with E-state index in [4.69, 9.17) is 24.4 Å². The Morgan fingerprint density at radius 1 is 1.13 bits per heavy atom.